The number of carbonyl (C=O) groups excluding carboxylic acids is 1. The summed E-state index contributed by atoms with van der Waals surface area (Å²) in [5, 5.41) is 0. The average molecular weight is 190 g/mol. The van der Waals surface area contributed by atoms with Crippen LogP contribution in [0.2, 0.25) is 0 Å². The second-order valence-corrected chi connectivity index (χ2v) is 4.05. The molecule has 0 bridgehead atoms. The van der Waals surface area contributed by atoms with Crippen LogP contribution in [0.4, 0.5) is 0 Å². The summed E-state index contributed by atoms with van der Waals surface area (Å²) in [6.07, 6.45) is 5.93. The van der Waals surface area contributed by atoms with Crippen molar-refractivity contribution < 1.29 is 4.79 Å². The van der Waals surface area contributed by atoms with Crippen molar-refractivity contribution in [3.8, 4) is 0 Å². The fraction of sp³-hybridized carbons (Fsp3) is 0.889. The van der Waals surface area contributed by atoms with Crippen LogP contribution in [0, 0.1) is 5.92 Å². The first-order valence-electron chi connectivity index (χ1n) is 4.51. The lowest BCUT2D eigenvalue weighted by Crippen LogP contribution is -2.45. The van der Waals surface area contributed by atoms with Crippen molar-refractivity contribution in [3.63, 3.8) is 0 Å². The Morgan fingerprint density at radius 2 is 1.75 bits per heavy atom. The monoisotopic (exact) mass is 189 g/mol. The number of halogens is 1. The maximum atomic E-state index is 10.9. The van der Waals surface area contributed by atoms with Gasteiger partial charge >= 0.3 is 0 Å². The van der Waals surface area contributed by atoms with Crippen LogP contribution in [0.15, 0.2) is 0 Å². The predicted molar refractivity (Wildman–Crippen MR) is 50.4 cm³/mol. The number of carbonyl (C=O) groups is 1. The summed E-state index contributed by atoms with van der Waals surface area (Å²) in [7, 11) is 0. The molecule has 0 atom stereocenters. The predicted octanol–water partition coefficient (Wildman–Crippen LogP) is 1.66. The van der Waals surface area contributed by atoms with E-state index in [2.05, 4.69) is 0 Å². The van der Waals surface area contributed by atoms with E-state index in [1.165, 1.54) is 12.8 Å². The Bertz CT molecular complexity index is 179. The van der Waals surface area contributed by atoms with Crippen molar-refractivity contribution in [1.29, 1.82) is 0 Å². The second kappa shape index (κ2) is 3.35. The minimum Gasteiger partial charge on any atom is -0.325 e. The lowest BCUT2D eigenvalue weighted by Gasteiger charge is -2.32. The van der Waals surface area contributed by atoms with Crippen LogP contribution in [0.3, 0.4) is 0 Å². The molecule has 0 amide bonds. The summed E-state index contributed by atoms with van der Waals surface area (Å²) in [5.41, 5.74) is 6.22. The Hall–Kier alpha value is -0.0800. The molecule has 2 fully saturated rings. The summed E-state index contributed by atoms with van der Waals surface area (Å²) in [4.78, 5) is 10.9. The van der Waals surface area contributed by atoms with Gasteiger partial charge in [0.15, 0.2) is 0 Å². The van der Waals surface area contributed by atoms with Crippen LogP contribution in [0.25, 0.3) is 0 Å². The molecule has 0 saturated heterocycles. The summed E-state index contributed by atoms with van der Waals surface area (Å²) in [6, 6.07) is 0. The van der Waals surface area contributed by atoms with E-state index in [4.69, 9.17) is 5.73 Å². The third kappa shape index (κ3) is 1.80. The number of ketones is 1. The van der Waals surface area contributed by atoms with Crippen LogP contribution in [-0.4, -0.2) is 11.3 Å². The summed E-state index contributed by atoms with van der Waals surface area (Å²) < 4.78 is 0. The Balaban J connectivity index is 0.000000720. The van der Waals surface area contributed by atoms with E-state index in [-0.39, 0.29) is 17.9 Å². The SMILES string of the molecule is Cl.NC1(C2CC2)CCC(=O)CC1. The number of rotatable bonds is 1. The Kier molecular flexibility index (Phi) is 2.79. The minimum absolute atomic E-state index is 0. The van der Waals surface area contributed by atoms with Crippen molar-refractivity contribution in [2.24, 2.45) is 11.7 Å². The molecule has 0 radical (unpaired) electrons. The molecule has 0 spiro atoms. The second-order valence-electron chi connectivity index (χ2n) is 4.05. The van der Waals surface area contributed by atoms with E-state index in [0.717, 1.165) is 31.6 Å². The summed E-state index contributed by atoms with van der Waals surface area (Å²) in [6.45, 7) is 0. The largest absolute Gasteiger partial charge is 0.325 e. The van der Waals surface area contributed by atoms with Crippen LogP contribution in [0.5, 0.6) is 0 Å². The molecule has 0 aliphatic heterocycles. The highest BCUT2D eigenvalue weighted by Crippen LogP contribution is 2.44. The molecule has 0 unspecified atom stereocenters. The van der Waals surface area contributed by atoms with Gasteiger partial charge in [-0.25, -0.2) is 0 Å². The summed E-state index contributed by atoms with van der Waals surface area (Å²) in [5.74, 6) is 1.15. The van der Waals surface area contributed by atoms with Gasteiger partial charge in [0, 0.05) is 18.4 Å². The lowest BCUT2D eigenvalue weighted by molar-refractivity contribution is -0.121. The zero-order valence-electron chi connectivity index (χ0n) is 7.21. The highest BCUT2D eigenvalue weighted by Gasteiger charge is 2.43. The fourth-order valence-electron chi connectivity index (χ4n) is 2.06. The molecule has 2 saturated carbocycles. The zero-order valence-corrected chi connectivity index (χ0v) is 8.03. The maximum absolute atomic E-state index is 10.9. The van der Waals surface area contributed by atoms with Gasteiger partial charge in [-0.1, -0.05) is 0 Å². The maximum Gasteiger partial charge on any atom is 0.133 e. The Morgan fingerprint density at radius 3 is 2.17 bits per heavy atom. The number of nitrogens with two attached hydrogens (primary N) is 1. The molecule has 2 aliphatic rings. The number of Topliss-reactive ketones (excluding diaryl/α,β-unsaturated/α-hetero) is 1. The number of hydrogen-bond donors (Lipinski definition) is 1. The Morgan fingerprint density at radius 1 is 1.25 bits per heavy atom. The van der Waals surface area contributed by atoms with Crippen molar-refractivity contribution in [3.05, 3.63) is 0 Å². The lowest BCUT2D eigenvalue weighted by atomic mass is 9.78. The van der Waals surface area contributed by atoms with Gasteiger partial charge < -0.3 is 5.73 Å². The van der Waals surface area contributed by atoms with Crippen molar-refractivity contribution >= 4 is 18.2 Å². The molecule has 2 rings (SSSR count). The third-order valence-corrected chi connectivity index (χ3v) is 3.13. The molecule has 2 nitrogen and oxygen atoms in total. The van der Waals surface area contributed by atoms with Gasteiger partial charge in [0.25, 0.3) is 0 Å². The van der Waals surface area contributed by atoms with Gasteiger partial charge in [-0.2, -0.15) is 0 Å². The van der Waals surface area contributed by atoms with Gasteiger partial charge in [0.05, 0.1) is 0 Å². The van der Waals surface area contributed by atoms with Crippen LogP contribution < -0.4 is 5.73 Å². The highest BCUT2D eigenvalue weighted by molar-refractivity contribution is 5.85. The van der Waals surface area contributed by atoms with E-state index in [0.29, 0.717) is 5.78 Å². The molecule has 0 aromatic rings. The van der Waals surface area contributed by atoms with Crippen molar-refractivity contribution in [2.45, 2.75) is 44.1 Å². The van der Waals surface area contributed by atoms with E-state index in [1.807, 2.05) is 0 Å². The van der Waals surface area contributed by atoms with Crippen LogP contribution >= 0.6 is 12.4 Å². The van der Waals surface area contributed by atoms with E-state index < -0.39 is 0 Å². The van der Waals surface area contributed by atoms with E-state index >= 15 is 0 Å². The third-order valence-electron chi connectivity index (χ3n) is 3.13. The molecule has 12 heavy (non-hydrogen) atoms. The van der Waals surface area contributed by atoms with E-state index in [9.17, 15) is 4.79 Å². The van der Waals surface area contributed by atoms with Gasteiger partial charge in [-0.05, 0) is 31.6 Å². The normalized spacial score (nSPS) is 27.9. The molecule has 2 N–H and O–H groups in total. The molecule has 70 valence electrons. The average Bonchev–Trinajstić information content (AvgIpc) is 2.77. The zero-order chi connectivity index (χ0) is 7.90. The summed E-state index contributed by atoms with van der Waals surface area (Å²) >= 11 is 0. The van der Waals surface area contributed by atoms with Gasteiger partial charge in [-0.3, -0.25) is 4.79 Å². The van der Waals surface area contributed by atoms with Crippen molar-refractivity contribution in [2.75, 3.05) is 0 Å². The van der Waals surface area contributed by atoms with E-state index in [1.54, 1.807) is 0 Å². The Labute approximate surface area is 79.3 Å². The smallest absolute Gasteiger partial charge is 0.133 e. The minimum atomic E-state index is 0. The van der Waals surface area contributed by atoms with Crippen LogP contribution in [0.1, 0.15) is 38.5 Å². The van der Waals surface area contributed by atoms with Crippen LogP contribution in [-0.2, 0) is 4.79 Å². The first-order chi connectivity index (χ1) is 5.21. The van der Waals surface area contributed by atoms with Gasteiger partial charge in [0.2, 0.25) is 0 Å². The molecule has 0 aromatic carbocycles. The van der Waals surface area contributed by atoms with Gasteiger partial charge in [-0.15, -0.1) is 12.4 Å². The highest BCUT2D eigenvalue weighted by atomic mass is 35.5. The molecule has 3 heteroatoms. The molecule has 0 aromatic heterocycles. The van der Waals surface area contributed by atoms with Gasteiger partial charge in [0.1, 0.15) is 5.78 Å². The first-order valence-corrected chi connectivity index (χ1v) is 4.51. The molecule has 0 heterocycles. The quantitative estimate of drug-likeness (QED) is 0.682. The van der Waals surface area contributed by atoms with Crippen molar-refractivity contribution in [1.82, 2.24) is 0 Å². The fourth-order valence-corrected chi connectivity index (χ4v) is 2.06. The topological polar surface area (TPSA) is 43.1 Å². The molecular formula is C9H16ClNO. The standard InChI is InChI=1S/C9H15NO.ClH/c10-9(7-1-2-7)5-3-8(11)4-6-9;/h7H,1-6,10H2;1H. The molecular weight excluding hydrogens is 174 g/mol. The number of hydrogen-bond acceptors (Lipinski definition) is 2. The first kappa shape index (κ1) is 10.0. The molecule has 2 aliphatic carbocycles.